The number of carbonyl (C=O) groups is 1. The number of ether oxygens (including phenoxy) is 1. The highest BCUT2D eigenvalue weighted by atomic mass is 16.5. The van der Waals surface area contributed by atoms with E-state index in [0.29, 0.717) is 12.3 Å². The van der Waals surface area contributed by atoms with E-state index in [9.17, 15) is 4.79 Å². The topological polar surface area (TPSA) is 26.3 Å². The van der Waals surface area contributed by atoms with E-state index in [-0.39, 0.29) is 11.4 Å². The van der Waals surface area contributed by atoms with E-state index in [2.05, 4.69) is 39.8 Å². The van der Waals surface area contributed by atoms with Crippen LogP contribution in [0.25, 0.3) is 0 Å². The van der Waals surface area contributed by atoms with Gasteiger partial charge in [0.1, 0.15) is 0 Å². The zero-order valence-electron chi connectivity index (χ0n) is 15.6. The smallest absolute Gasteiger partial charge is 0.155 e. The minimum absolute atomic E-state index is 0.0458. The Hall–Kier alpha value is -0.890. The largest absolute Gasteiger partial charge is 0.376 e. The average Bonchev–Trinajstić information content (AvgIpc) is 2.47. The highest BCUT2D eigenvalue weighted by molar-refractivity contribution is 5.90. The molecule has 0 aliphatic carbocycles. The summed E-state index contributed by atoms with van der Waals surface area (Å²) in [5, 5.41) is 0. The monoisotopic (exact) mass is 308 g/mol. The summed E-state index contributed by atoms with van der Waals surface area (Å²) in [6.45, 7) is 13.5. The van der Waals surface area contributed by atoms with Crippen molar-refractivity contribution in [3.63, 3.8) is 0 Å². The van der Waals surface area contributed by atoms with E-state index in [1.807, 2.05) is 13.8 Å². The molecule has 0 saturated heterocycles. The van der Waals surface area contributed by atoms with Gasteiger partial charge in [-0.3, -0.25) is 4.79 Å². The summed E-state index contributed by atoms with van der Waals surface area (Å²) in [7, 11) is 0. The SMILES string of the molecule is CCOC(C)(CC)CCCC(C)C/C=C/C(C)=C/C(=O)CC. The Labute approximate surface area is 138 Å². The Morgan fingerprint density at radius 1 is 1.27 bits per heavy atom. The van der Waals surface area contributed by atoms with Gasteiger partial charge in [0, 0.05) is 13.0 Å². The fourth-order valence-corrected chi connectivity index (χ4v) is 2.53. The number of hydrogen-bond acceptors (Lipinski definition) is 2. The maximum absolute atomic E-state index is 11.3. The molecule has 128 valence electrons. The molecule has 0 aromatic heterocycles. The Balaban J connectivity index is 4.07. The third-order valence-electron chi connectivity index (χ3n) is 4.30. The zero-order valence-corrected chi connectivity index (χ0v) is 15.6. The Kier molecular flexibility index (Phi) is 11.2. The van der Waals surface area contributed by atoms with Gasteiger partial charge < -0.3 is 4.74 Å². The van der Waals surface area contributed by atoms with Gasteiger partial charge >= 0.3 is 0 Å². The molecule has 0 aliphatic rings. The van der Waals surface area contributed by atoms with Gasteiger partial charge in [-0.1, -0.05) is 45.8 Å². The summed E-state index contributed by atoms with van der Waals surface area (Å²) in [5.74, 6) is 0.874. The van der Waals surface area contributed by atoms with Crippen LogP contribution in [-0.2, 0) is 9.53 Å². The standard InChI is InChI=1S/C20H36O2/c1-7-19(21)16-18(5)13-10-12-17(4)14-11-15-20(6,8-2)22-9-3/h10,13,16-17H,7-9,11-12,14-15H2,1-6H3/b13-10+,18-16+. The lowest BCUT2D eigenvalue weighted by molar-refractivity contribution is -0.114. The van der Waals surface area contributed by atoms with Crippen LogP contribution in [0.3, 0.4) is 0 Å². The van der Waals surface area contributed by atoms with Crippen LogP contribution in [0.4, 0.5) is 0 Å². The highest BCUT2D eigenvalue weighted by Gasteiger charge is 2.21. The van der Waals surface area contributed by atoms with Crippen molar-refractivity contribution in [1.82, 2.24) is 0 Å². The van der Waals surface area contributed by atoms with Crippen LogP contribution >= 0.6 is 0 Å². The molecule has 0 radical (unpaired) electrons. The van der Waals surface area contributed by atoms with Crippen LogP contribution in [0.5, 0.6) is 0 Å². The van der Waals surface area contributed by atoms with Gasteiger partial charge in [-0.25, -0.2) is 0 Å². The Bertz CT molecular complexity index is 368. The normalized spacial score (nSPS) is 16.7. The van der Waals surface area contributed by atoms with Gasteiger partial charge in [-0.2, -0.15) is 0 Å². The highest BCUT2D eigenvalue weighted by Crippen LogP contribution is 2.24. The lowest BCUT2D eigenvalue weighted by Gasteiger charge is -2.28. The molecule has 0 bridgehead atoms. The molecule has 0 N–H and O–H groups in total. The van der Waals surface area contributed by atoms with E-state index in [4.69, 9.17) is 4.74 Å². The van der Waals surface area contributed by atoms with Crippen molar-refractivity contribution in [2.45, 2.75) is 85.7 Å². The molecule has 0 rings (SSSR count). The van der Waals surface area contributed by atoms with Crippen molar-refractivity contribution in [3.8, 4) is 0 Å². The van der Waals surface area contributed by atoms with Crippen LogP contribution in [0.1, 0.15) is 80.1 Å². The van der Waals surface area contributed by atoms with E-state index in [1.54, 1.807) is 6.08 Å². The van der Waals surface area contributed by atoms with Crippen molar-refractivity contribution < 1.29 is 9.53 Å². The molecule has 0 aromatic carbocycles. The minimum Gasteiger partial charge on any atom is -0.376 e. The molecule has 0 heterocycles. The van der Waals surface area contributed by atoms with Gasteiger partial charge in [0.2, 0.25) is 0 Å². The zero-order chi connectivity index (χ0) is 17.0. The van der Waals surface area contributed by atoms with E-state index in [1.165, 1.54) is 12.8 Å². The van der Waals surface area contributed by atoms with Gasteiger partial charge in [0.05, 0.1) is 5.60 Å². The van der Waals surface area contributed by atoms with Crippen LogP contribution in [0, 0.1) is 5.92 Å². The molecular formula is C20H36O2. The lowest BCUT2D eigenvalue weighted by Crippen LogP contribution is -2.27. The van der Waals surface area contributed by atoms with Crippen LogP contribution in [0.2, 0.25) is 0 Å². The molecule has 0 saturated carbocycles. The van der Waals surface area contributed by atoms with Gasteiger partial charge in [0.15, 0.2) is 5.78 Å². The fraction of sp³-hybridized carbons (Fsp3) is 0.750. The maximum atomic E-state index is 11.3. The summed E-state index contributed by atoms with van der Waals surface area (Å²) in [5.41, 5.74) is 1.10. The number of rotatable bonds is 12. The van der Waals surface area contributed by atoms with Crippen LogP contribution in [-0.4, -0.2) is 18.0 Å². The van der Waals surface area contributed by atoms with E-state index < -0.39 is 0 Å². The first-order valence-electron chi connectivity index (χ1n) is 8.88. The molecule has 2 nitrogen and oxygen atoms in total. The fourth-order valence-electron chi connectivity index (χ4n) is 2.53. The summed E-state index contributed by atoms with van der Waals surface area (Å²) < 4.78 is 5.87. The third-order valence-corrected chi connectivity index (χ3v) is 4.30. The summed E-state index contributed by atoms with van der Waals surface area (Å²) in [6, 6.07) is 0. The van der Waals surface area contributed by atoms with Crippen molar-refractivity contribution in [2.24, 2.45) is 5.92 Å². The van der Waals surface area contributed by atoms with Crippen molar-refractivity contribution >= 4 is 5.78 Å². The number of ketones is 1. The number of allylic oxidation sites excluding steroid dienone is 4. The van der Waals surface area contributed by atoms with Gasteiger partial charge in [-0.05, 0) is 57.6 Å². The second kappa shape index (κ2) is 11.6. The molecule has 2 atom stereocenters. The number of carbonyl (C=O) groups excluding carboxylic acids is 1. The molecule has 0 amide bonds. The Morgan fingerprint density at radius 2 is 1.95 bits per heavy atom. The van der Waals surface area contributed by atoms with E-state index >= 15 is 0 Å². The maximum Gasteiger partial charge on any atom is 0.155 e. The van der Waals surface area contributed by atoms with Crippen molar-refractivity contribution in [3.05, 3.63) is 23.8 Å². The molecule has 22 heavy (non-hydrogen) atoms. The Morgan fingerprint density at radius 3 is 2.50 bits per heavy atom. The quantitative estimate of drug-likeness (QED) is 0.333. The summed E-state index contributed by atoms with van der Waals surface area (Å²) >= 11 is 0. The van der Waals surface area contributed by atoms with Crippen LogP contribution < -0.4 is 0 Å². The third kappa shape index (κ3) is 9.94. The molecule has 0 fully saturated rings. The van der Waals surface area contributed by atoms with Gasteiger partial charge in [0.25, 0.3) is 0 Å². The molecule has 0 aromatic rings. The lowest BCUT2D eigenvalue weighted by atomic mass is 9.92. The molecule has 0 aliphatic heterocycles. The molecular weight excluding hydrogens is 272 g/mol. The summed E-state index contributed by atoms with van der Waals surface area (Å²) in [4.78, 5) is 11.3. The first-order valence-corrected chi connectivity index (χ1v) is 8.88. The van der Waals surface area contributed by atoms with Crippen molar-refractivity contribution in [1.29, 1.82) is 0 Å². The second-order valence-corrected chi connectivity index (χ2v) is 6.58. The number of hydrogen-bond donors (Lipinski definition) is 0. The predicted octanol–water partition coefficient (Wildman–Crippen LogP) is 5.87. The van der Waals surface area contributed by atoms with Gasteiger partial charge in [-0.15, -0.1) is 0 Å². The van der Waals surface area contributed by atoms with E-state index in [0.717, 1.165) is 31.4 Å². The first-order chi connectivity index (χ1) is 10.4. The second-order valence-electron chi connectivity index (χ2n) is 6.58. The van der Waals surface area contributed by atoms with Crippen LogP contribution in [0.15, 0.2) is 23.8 Å². The molecule has 2 heteroatoms. The average molecular weight is 309 g/mol. The minimum atomic E-state index is 0.0458. The first kappa shape index (κ1) is 21.1. The van der Waals surface area contributed by atoms with Crippen molar-refractivity contribution in [2.75, 3.05) is 6.61 Å². The molecule has 0 spiro atoms. The summed E-state index contributed by atoms with van der Waals surface area (Å²) in [6.07, 6.45) is 12.3. The predicted molar refractivity (Wildman–Crippen MR) is 96.1 cm³/mol. The molecule has 2 unspecified atom stereocenters.